The maximum absolute atomic E-state index is 12.2. The van der Waals surface area contributed by atoms with E-state index in [1.807, 2.05) is 62.4 Å². The first kappa shape index (κ1) is 19.2. The van der Waals surface area contributed by atoms with Gasteiger partial charge in [-0.25, -0.2) is 4.79 Å². The van der Waals surface area contributed by atoms with Gasteiger partial charge in [-0.3, -0.25) is 4.79 Å². The molecule has 1 amide bonds. The third kappa shape index (κ3) is 4.98. The predicted molar refractivity (Wildman–Crippen MR) is 108 cm³/mol. The lowest BCUT2D eigenvalue weighted by atomic mass is 10.1. The Bertz CT molecular complexity index is 945. The van der Waals surface area contributed by atoms with Gasteiger partial charge < -0.3 is 14.8 Å². The number of rotatable bonds is 6. The van der Waals surface area contributed by atoms with Crippen molar-refractivity contribution in [2.75, 3.05) is 11.9 Å². The Morgan fingerprint density at radius 1 is 0.786 bits per heavy atom. The van der Waals surface area contributed by atoms with E-state index in [1.165, 1.54) is 0 Å². The minimum Gasteiger partial charge on any atom is -0.457 e. The highest BCUT2D eigenvalue weighted by molar-refractivity contribution is 5.96. The van der Waals surface area contributed by atoms with Crippen LogP contribution >= 0.6 is 0 Å². The van der Waals surface area contributed by atoms with Crippen LogP contribution in [0.3, 0.4) is 0 Å². The largest absolute Gasteiger partial charge is 0.457 e. The van der Waals surface area contributed by atoms with Crippen LogP contribution in [0.15, 0.2) is 72.8 Å². The molecule has 28 heavy (non-hydrogen) atoms. The quantitative estimate of drug-likeness (QED) is 0.623. The molecule has 3 aromatic rings. The third-order valence-electron chi connectivity index (χ3n) is 4.15. The normalized spacial score (nSPS) is 10.2. The molecule has 0 unspecified atom stereocenters. The lowest BCUT2D eigenvalue weighted by Crippen LogP contribution is -2.21. The van der Waals surface area contributed by atoms with Gasteiger partial charge in [0.1, 0.15) is 11.5 Å². The van der Waals surface area contributed by atoms with Crippen molar-refractivity contribution < 1.29 is 19.1 Å². The Labute approximate surface area is 163 Å². The molecule has 3 aromatic carbocycles. The van der Waals surface area contributed by atoms with Crippen molar-refractivity contribution in [3.05, 3.63) is 89.5 Å². The molecule has 0 heterocycles. The van der Waals surface area contributed by atoms with Crippen molar-refractivity contribution in [3.8, 4) is 11.5 Å². The Morgan fingerprint density at radius 2 is 1.39 bits per heavy atom. The molecule has 5 nitrogen and oxygen atoms in total. The fraction of sp³-hybridized carbons (Fsp3) is 0.130. The summed E-state index contributed by atoms with van der Waals surface area (Å²) in [5.41, 5.74) is 2.99. The number of ether oxygens (including phenoxy) is 2. The highest BCUT2D eigenvalue weighted by Crippen LogP contribution is 2.22. The molecule has 0 aliphatic carbocycles. The van der Waals surface area contributed by atoms with Crippen LogP contribution in [-0.2, 0) is 9.53 Å². The summed E-state index contributed by atoms with van der Waals surface area (Å²) in [5.74, 6) is 0.370. The van der Waals surface area contributed by atoms with Crippen molar-refractivity contribution >= 4 is 17.6 Å². The summed E-state index contributed by atoms with van der Waals surface area (Å²) in [6.45, 7) is 3.47. The van der Waals surface area contributed by atoms with Crippen molar-refractivity contribution in [1.82, 2.24) is 0 Å². The van der Waals surface area contributed by atoms with Crippen LogP contribution in [0.5, 0.6) is 11.5 Å². The molecule has 5 heteroatoms. The van der Waals surface area contributed by atoms with Crippen molar-refractivity contribution in [2.24, 2.45) is 0 Å². The molecule has 0 atom stereocenters. The zero-order valence-electron chi connectivity index (χ0n) is 15.8. The number of nitrogens with one attached hydrogen (secondary N) is 1. The van der Waals surface area contributed by atoms with Gasteiger partial charge in [0.25, 0.3) is 5.91 Å². The molecule has 0 radical (unpaired) electrons. The lowest BCUT2D eigenvalue weighted by molar-refractivity contribution is -0.119. The van der Waals surface area contributed by atoms with E-state index in [0.717, 1.165) is 16.8 Å². The summed E-state index contributed by atoms with van der Waals surface area (Å²) in [4.78, 5) is 24.3. The maximum Gasteiger partial charge on any atom is 0.338 e. The average molecular weight is 375 g/mol. The van der Waals surface area contributed by atoms with Gasteiger partial charge in [0.2, 0.25) is 0 Å². The maximum atomic E-state index is 12.2. The molecule has 0 aromatic heterocycles. The standard InChI is InChI=1S/C23H21NO4/c1-16-7-6-8-17(2)22(16)24-21(25)15-27-23(26)18-11-13-20(14-12-18)28-19-9-4-3-5-10-19/h3-14H,15H2,1-2H3,(H,24,25). The second-order valence-corrected chi connectivity index (χ2v) is 6.33. The lowest BCUT2D eigenvalue weighted by Gasteiger charge is -2.11. The minimum absolute atomic E-state index is 0.347. The van der Waals surface area contributed by atoms with Gasteiger partial charge in [0.05, 0.1) is 5.56 Å². The van der Waals surface area contributed by atoms with Crippen molar-refractivity contribution in [1.29, 1.82) is 0 Å². The summed E-state index contributed by atoms with van der Waals surface area (Å²) in [7, 11) is 0. The highest BCUT2D eigenvalue weighted by Gasteiger charge is 2.12. The molecule has 0 spiro atoms. The van der Waals surface area contributed by atoms with E-state index in [4.69, 9.17) is 9.47 Å². The van der Waals surface area contributed by atoms with Crippen LogP contribution in [-0.4, -0.2) is 18.5 Å². The van der Waals surface area contributed by atoms with Gasteiger partial charge in [-0.2, -0.15) is 0 Å². The third-order valence-corrected chi connectivity index (χ3v) is 4.15. The summed E-state index contributed by atoms with van der Waals surface area (Å²) in [5, 5.41) is 2.79. The number of hydrogen-bond donors (Lipinski definition) is 1. The van der Waals surface area contributed by atoms with Gasteiger partial charge in [0, 0.05) is 5.69 Å². The van der Waals surface area contributed by atoms with E-state index in [1.54, 1.807) is 24.3 Å². The number of aryl methyl sites for hydroxylation is 2. The molecule has 0 aliphatic rings. The second kappa shape index (κ2) is 8.86. The molecule has 3 rings (SSSR count). The van der Waals surface area contributed by atoms with Crippen LogP contribution in [0.4, 0.5) is 5.69 Å². The zero-order valence-corrected chi connectivity index (χ0v) is 15.8. The molecule has 0 bridgehead atoms. The van der Waals surface area contributed by atoms with Crippen LogP contribution in [0.25, 0.3) is 0 Å². The van der Waals surface area contributed by atoms with E-state index in [2.05, 4.69) is 5.32 Å². The SMILES string of the molecule is Cc1cccc(C)c1NC(=O)COC(=O)c1ccc(Oc2ccccc2)cc1. The van der Waals surface area contributed by atoms with Crippen LogP contribution in [0, 0.1) is 13.8 Å². The van der Waals surface area contributed by atoms with Gasteiger partial charge in [-0.15, -0.1) is 0 Å². The first-order valence-corrected chi connectivity index (χ1v) is 8.89. The number of para-hydroxylation sites is 2. The monoisotopic (exact) mass is 375 g/mol. The number of hydrogen-bond acceptors (Lipinski definition) is 4. The average Bonchev–Trinajstić information content (AvgIpc) is 2.70. The van der Waals surface area contributed by atoms with Gasteiger partial charge in [0.15, 0.2) is 6.61 Å². The van der Waals surface area contributed by atoms with Gasteiger partial charge in [-0.05, 0) is 61.4 Å². The predicted octanol–water partition coefficient (Wildman–Crippen LogP) is 4.89. The summed E-state index contributed by atoms with van der Waals surface area (Å²) in [6.07, 6.45) is 0. The topological polar surface area (TPSA) is 64.6 Å². The van der Waals surface area contributed by atoms with E-state index in [-0.39, 0.29) is 12.5 Å². The first-order valence-electron chi connectivity index (χ1n) is 8.89. The molecule has 0 fully saturated rings. The number of benzene rings is 3. The van der Waals surface area contributed by atoms with E-state index in [0.29, 0.717) is 17.1 Å². The van der Waals surface area contributed by atoms with E-state index in [9.17, 15) is 9.59 Å². The second-order valence-electron chi connectivity index (χ2n) is 6.33. The molecule has 0 aliphatic heterocycles. The summed E-state index contributed by atoms with van der Waals surface area (Å²) in [6, 6.07) is 21.7. The van der Waals surface area contributed by atoms with Crippen LogP contribution in [0.1, 0.15) is 21.5 Å². The molecular formula is C23H21NO4. The summed E-state index contributed by atoms with van der Waals surface area (Å²) >= 11 is 0. The van der Waals surface area contributed by atoms with Crippen molar-refractivity contribution in [2.45, 2.75) is 13.8 Å². The smallest absolute Gasteiger partial charge is 0.338 e. The fourth-order valence-corrected chi connectivity index (χ4v) is 2.69. The Kier molecular flexibility index (Phi) is 6.07. The van der Waals surface area contributed by atoms with Gasteiger partial charge >= 0.3 is 5.97 Å². The van der Waals surface area contributed by atoms with E-state index < -0.39 is 5.97 Å². The van der Waals surface area contributed by atoms with Gasteiger partial charge in [-0.1, -0.05) is 36.4 Å². The molecule has 142 valence electrons. The first-order chi connectivity index (χ1) is 13.5. The summed E-state index contributed by atoms with van der Waals surface area (Å²) < 4.78 is 10.8. The minimum atomic E-state index is -0.567. The van der Waals surface area contributed by atoms with Crippen LogP contribution < -0.4 is 10.1 Å². The number of esters is 1. The Hall–Kier alpha value is -3.60. The van der Waals surface area contributed by atoms with Crippen molar-refractivity contribution in [3.63, 3.8) is 0 Å². The highest BCUT2D eigenvalue weighted by atomic mass is 16.5. The van der Waals surface area contributed by atoms with E-state index >= 15 is 0 Å². The number of anilines is 1. The number of amides is 1. The number of carbonyl (C=O) groups is 2. The Balaban J connectivity index is 1.54. The van der Waals surface area contributed by atoms with Crippen LogP contribution in [0.2, 0.25) is 0 Å². The Morgan fingerprint density at radius 3 is 2.04 bits per heavy atom. The zero-order chi connectivity index (χ0) is 19.9. The molecule has 0 saturated heterocycles. The fourth-order valence-electron chi connectivity index (χ4n) is 2.69. The molecule has 1 N–H and O–H groups in total. The molecule has 0 saturated carbocycles. The molecular weight excluding hydrogens is 354 g/mol. The number of carbonyl (C=O) groups excluding carboxylic acids is 2.